The number of aromatic nitrogens is 3. The van der Waals surface area contributed by atoms with Crippen molar-refractivity contribution in [2.24, 2.45) is 0 Å². The van der Waals surface area contributed by atoms with Gasteiger partial charge in [-0.05, 0) is 54.6 Å². The van der Waals surface area contributed by atoms with Crippen molar-refractivity contribution in [1.82, 2.24) is 15.2 Å². The quantitative estimate of drug-likeness (QED) is 0.381. The SMILES string of the molecule is CC.FC(F)(F)c1cccc(Nc2nnc(-c3ccc(Oc4ccncc4)cc3)o2)c1. The van der Waals surface area contributed by atoms with Crippen LogP contribution in [0.5, 0.6) is 11.5 Å². The van der Waals surface area contributed by atoms with E-state index in [4.69, 9.17) is 9.15 Å². The number of hydrogen-bond donors (Lipinski definition) is 1. The molecule has 0 aliphatic heterocycles. The zero-order chi connectivity index (χ0) is 22.3. The fraction of sp³-hybridized carbons (Fsp3) is 0.136. The van der Waals surface area contributed by atoms with Crippen LogP contribution in [0.15, 0.2) is 77.5 Å². The van der Waals surface area contributed by atoms with Crippen molar-refractivity contribution in [3.63, 3.8) is 0 Å². The number of nitrogens with one attached hydrogen (secondary N) is 1. The number of rotatable bonds is 5. The Labute approximate surface area is 176 Å². The molecule has 160 valence electrons. The maximum atomic E-state index is 12.8. The lowest BCUT2D eigenvalue weighted by atomic mass is 10.2. The first kappa shape index (κ1) is 21.8. The highest BCUT2D eigenvalue weighted by molar-refractivity contribution is 5.58. The molecule has 0 saturated heterocycles. The third-order valence-electron chi connectivity index (χ3n) is 3.85. The number of pyridine rings is 1. The second kappa shape index (κ2) is 9.75. The largest absolute Gasteiger partial charge is 0.457 e. The van der Waals surface area contributed by atoms with Crippen LogP contribution < -0.4 is 10.1 Å². The van der Waals surface area contributed by atoms with Crippen molar-refractivity contribution in [2.75, 3.05) is 5.32 Å². The van der Waals surface area contributed by atoms with Gasteiger partial charge in [-0.2, -0.15) is 13.2 Å². The number of alkyl halides is 3. The van der Waals surface area contributed by atoms with E-state index in [-0.39, 0.29) is 17.6 Å². The smallest absolute Gasteiger partial charge is 0.416 e. The third kappa shape index (κ3) is 5.81. The van der Waals surface area contributed by atoms with Crippen LogP contribution >= 0.6 is 0 Å². The molecule has 0 fully saturated rings. The molecular weight excluding hydrogens is 409 g/mol. The Morgan fingerprint density at radius 3 is 2.23 bits per heavy atom. The van der Waals surface area contributed by atoms with E-state index in [0.717, 1.165) is 12.1 Å². The molecule has 0 amide bonds. The van der Waals surface area contributed by atoms with Crippen LogP contribution in [0, 0.1) is 0 Å². The van der Waals surface area contributed by atoms with E-state index in [1.807, 2.05) is 13.8 Å². The summed E-state index contributed by atoms with van der Waals surface area (Å²) in [5.41, 5.74) is 0.0554. The van der Waals surface area contributed by atoms with Crippen LogP contribution in [0.4, 0.5) is 24.9 Å². The molecule has 2 heterocycles. The molecule has 0 radical (unpaired) electrons. The molecule has 0 unspecified atom stereocenters. The summed E-state index contributed by atoms with van der Waals surface area (Å²) in [6.07, 6.45) is -1.18. The summed E-state index contributed by atoms with van der Waals surface area (Å²) in [7, 11) is 0. The molecule has 0 atom stereocenters. The van der Waals surface area contributed by atoms with Crippen LogP contribution in [0.25, 0.3) is 11.5 Å². The summed E-state index contributed by atoms with van der Waals surface area (Å²) in [6.45, 7) is 4.00. The van der Waals surface area contributed by atoms with Gasteiger partial charge in [-0.15, -0.1) is 5.10 Å². The highest BCUT2D eigenvalue weighted by Crippen LogP contribution is 2.32. The van der Waals surface area contributed by atoms with Crippen molar-refractivity contribution in [3.8, 4) is 23.0 Å². The summed E-state index contributed by atoms with van der Waals surface area (Å²) < 4.78 is 49.6. The Morgan fingerprint density at radius 1 is 0.871 bits per heavy atom. The van der Waals surface area contributed by atoms with Gasteiger partial charge in [0.05, 0.1) is 5.56 Å². The van der Waals surface area contributed by atoms with Gasteiger partial charge in [0.2, 0.25) is 5.89 Å². The molecule has 2 aromatic carbocycles. The molecule has 0 aliphatic carbocycles. The van der Waals surface area contributed by atoms with Gasteiger partial charge in [0.25, 0.3) is 0 Å². The monoisotopic (exact) mass is 428 g/mol. The van der Waals surface area contributed by atoms with Crippen LogP contribution in [0.2, 0.25) is 0 Å². The molecule has 1 N–H and O–H groups in total. The molecule has 0 aliphatic rings. The molecule has 31 heavy (non-hydrogen) atoms. The van der Waals surface area contributed by atoms with Gasteiger partial charge in [0.15, 0.2) is 0 Å². The lowest BCUT2D eigenvalue weighted by molar-refractivity contribution is -0.137. The van der Waals surface area contributed by atoms with E-state index in [1.165, 1.54) is 12.1 Å². The standard InChI is InChI=1S/C20H13F3N4O2.C2H6/c21-20(22,23)14-2-1-3-15(12-14)25-19-27-26-18(29-19)13-4-6-16(7-5-13)28-17-8-10-24-11-9-17;1-2/h1-12H,(H,25,27);1-2H3. The predicted octanol–water partition coefficient (Wildman–Crippen LogP) is 6.71. The summed E-state index contributed by atoms with van der Waals surface area (Å²) in [4.78, 5) is 3.92. The average molecular weight is 428 g/mol. The molecule has 0 spiro atoms. The van der Waals surface area contributed by atoms with Gasteiger partial charge in [0, 0.05) is 23.6 Å². The fourth-order valence-electron chi connectivity index (χ4n) is 2.50. The first-order valence-corrected chi connectivity index (χ1v) is 9.43. The van der Waals surface area contributed by atoms with Crippen LogP contribution in [-0.4, -0.2) is 15.2 Å². The van der Waals surface area contributed by atoms with Crippen molar-refractivity contribution < 1.29 is 22.3 Å². The summed E-state index contributed by atoms with van der Waals surface area (Å²) in [5, 5.41) is 10.4. The first-order valence-electron chi connectivity index (χ1n) is 9.43. The summed E-state index contributed by atoms with van der Waals surface area (Å²) in [5.74, 6) is 1.48. The Morgan fingerprint density at radius 2 is 1.55 bits per heavy atom. The number of halogens is 3. The molecule has 0 saturated carbocycles. The highest BCUT2D eigenvalue weighted by Gasteiger charge is 2.30. The normalized spacial score (nSPS) is 10.7. The van der Waals surface area contributed by atoms with Crippen LogP contribution in [0.1, 0.15) is 19.4 Å². The number of ether oxygens (including phenoxy) is 1. The number of benzene rings is 2. The van der Waals surface area contributed by atoms with E-state index in [2.05, 4.69) is 20.5 Å². The second-order valence-electron chi connectivity index (χ2n) is 5.93. The van der Waals surface area contributed by atoms with Crippen molar-refractivity contribution in [1.29, 1.82) is 0 Å². The summed E-state index contributed by atoms with van der Waals surface area (Å²) in [6, 6.07) is 15.1. The molecule has 0 bridgehead atoms. The van der Waals surface area contributed by atoms with E-state index >= 15 is 0 Å². The number of hydrogen-bond acceptors (Lipinski definition) is 6. The molecule has 4 rings (SSSR count). The second-order valence-corrected chi connectivity index (χ2v) is 5.93. The van der Waals surface area contributed by atoms with Crippen LogP contribution in [0.3, 0.4) is 0 Å². The minimum absolute atomic E-state index is 0.0172. The minimum atomic E-state index is -4.43. The van der Waals surface area contributed by atoms with Gasteiger partial charge < -0.3 is 14.5 Å². The van der Waals surface area contributed by atoms with Crippen LogP contribution in [-0.2, 0) is 6.18 Å². The Bertz CT molecular complexity index is 1100. The maximum Gasteiger partial charge on any atom is 0.416 e. The van der Waals surface area contributed by atoms with Gasteiger partial charge >= 0.3 is 12.2 Å². The van der Waals surface area contributed by atoms with Crippen molar-refractivity contribution in [2.45, 2.75) is 20.0 Å². The van der Waals surface area contributed by atoms with Gasteiger partial charge in [-0.3, -0.25) is 4.98 Å². The van der Waals surface area contributed by atoms with Crippen molar-refractivity contribution >= 4 is 11.7 Å². The van der Waals surface area contributed by atoms with Gasteiger partial charge in [-0.25, -0.2) is 0 Å². The molecule has 6 nitrogen and oxygen atoms in total. The van der Waals surface area contributed by atoms with E-state index in [9.17, 15) is 13.2 Å². The highest BCUT2D eigenvalue weighted by atomic mass is 19.4. The zero-order valence-corrected chi connectivity index (χ0v) is 16.7. The Hall–Kier alpha value is -3.88. The van der Waals surface area contributed by atoms with Gasteiger partial charge in [-0.1, -0.05) is 25.0 Å². The predicted molar refractivity (Wildman–Crippen MR) is 110 cm³/mol. The van der Waals surface area contributed by atoms with E-state index in [0.29, 0.717) is 17.1 Å². The summed E-state index contributed by atoms with van der Waals surface area (Å²) >= 11 is 0. The average Bonchev–Trinajstić information content (AvgIpc) is 3.24. The molecular formula is C22H19F3N4O2. The minimum Gasteiger partial charge on any atom is -0.457 e. The Balaban J connectivity index is 0.00000132. The first-order chi connectivity index (χ1) is 15.0. The lowest BCUT2D eigenvalue weighted by Crippen LogP contribution is -2.05. The molecule has 2 aromatic heterocycles. The van der Waals surface area contributed by atoms with Gasteiger partial charge in [0.1, 0.15) is 11.5 Å². The number of nitrogens with zero attached hydrogens (tertiary/aromatic N) is 3. The maximum absolute atomic E-state index is 12.8. The van der Waals surface area contributed by atoms with Crippen molar-refractivity contribution in [3.05, 3.63) is 78.6 Å². The zero-order valence-electron chi connectivity index (χ0n) is 16.7. The number of anilines is 2. The fourth-order valence-corrected chi connectivity index (χ4v) is 2.50. The topological polar surface area (TPSA) is 73.1 Å². The molecule has 9 heteroatoms. The third-order valence-corrected chi connectivity index (χ3v) is 3.85. The lowest BCUT2D eigenvalue weighted by Gasteiger charge is -2.08. The molecule has 4 aromatic rings. The van der Waals surface area contributed by atoms with E-state index in [1.54, 1.807) is 48.8 Å². The van der Waals surface area contributed by atoms with E-state index < -0.39 is 11.7 Å². The Kier molecular flexibility index (Phi) is 6.86.